The summed E-state index contributed by atoms with van der Waals surface area (Å²) in [6, 6.07) is 2.82. The van der Waals surface area contributed by atoms with E-state index in [0.29, 0.717) is 24.0 Å². The first-order valence-corrected chi connectivity index (χ1v) is 8.96. The third-order valence-corrected chi connectivity index (χ3v) is 5.66. The Bertz CT molecular complexity index is 619. The van der Waals surface area contributed by atoms with E-state index in [1.54, 1.807) is 0 Å². The number of rotatable bonds is 7. The van der Waals surface area contributed by atoms with Gasteiger partial charge in [0.15, 0.2) is 11.5 Å². The maximum Gasteiger partial charge on any atom is 0.242 e. The van der Waals surface area contributed by atoms with Crippen LogP contribution in [0.1, 0.15) is 12.8 Å². The summed E-state index contributed by atoms with van der Waals surface area (Å²) >= 11 is 6.06. The van der Waals surface area contributed by atoms with Crippen LogP contribution in [0.15, 0.2) is 17.0 Å². The minimum absolute atomic E-state index is 0. The first-order valence-electron chi connectivity index (χ1n) is 7.10. The van der Waals surface area contributed by atoms with Crippen molar-refractivity contribution in [2.24, 2.45) is 5.92 Å². The molecule has 23 heavy (non-hydrogen) atoms. The molecule has 1 atom stereocenters. The Morgan fingerprint density at radius 1 is 1.30 bits per heavy atom. The first-order chi connectivity index (χ1) is 10.5. The Morgan fingerprint density at radius 3 is 2.52 bits per heavy atom. The molecule has 1 fully saturated rings. The lowest BCUT2D eigenvalue weighted by atomic mass is 10.1. The standard InChI is InChI=1S/C14H21ClN2O4S.ClH/c1-20-12-7-11(15)14(8-13(12)21-2)22(18,19)17-6-4-10-3-5-16-9-10;/h7-8,10,16-17H,3-6,9H2,1-2H3;1H. The average molecular weight is 385 g/mol. The average Bonchev–Trinajstić information content (AvgIpc) is 2.99. The highest BCUT2D eigenvalue weighted by Gasteiger charge is 2.22. The molecule has 132 valence electrons. The second-order valence-corrected chi connectivity index (χ2v) is 7.33. The van der Waals surface area contributed by atoms with Gasteiger partial charge in [-0.2, -0.15) is 0 Å². The van der Waals surface area contributed by atoms with Gasteiger partial charge < -0.3 is 14.8 Å². The number of methoxy groups -OCH3 is 2. The quantitative estimate of drug-likeness (QED) is 0.752. The molecule has 0 saturated carbocycles. The largest absolute Gasteiger partial charge is 0.493 e. The van der Waals surface area contributed by atoms with Crippen molar-refractivity contribution in [3.63, 3.8) is 0 Å². The summed E-state index contributed by atoms with van der Waals surface area (Å²) in [5.74, 6) is 1.24. The van der Waals surface area contributed by atoms with Gasteiger partial charge in [0.25, 0.3) is 0 Å². The molecule has 0 aromatic heterocycles. The van der Waals surface area contributed by atoms with Gasteiger partial charge in [-0.05, 0) is 31.8 Å². The number of halogens is 2. The SMILES string of the molecule is COc1cc(Cl)c(S(=O)(=O)NCCC2CCNC2)cc1OC.Cl. The fourth-order valence-electron chi connectivity index (χ4n) is 2.48. The van der Waals surface area contributed by atoms with Gasteiger partial charge in [-0.25, -0.2) is 13.1 Å². The van der Waals surface area contributed by atoms with E-state index in [1.807, 2.05) is 0 Å². The predicted molar refractivity (Wildman–Crippen MR) is 92.6 cm³/mol. The number of hydrogen-bond donors (Lipinski definition) is 2. The summed E-state index contributed by atoms with van der Waals surface area (Å²) in [4.78, 5) is -0.00337. The van der Waals surface area contributed by atoms with Gasteiger partial charge in [0, 0.05) is 18.7 Å². The van der Waals surface area contributed by atoms with Crippen molar-refractivity contribution in [1.29, 1.82) is 0 Å². The van der Waals surface area contributed by atoms with Gasteiger partial charge in [0.05, 0.1) is 19.2 Å². The maximum absolute atomic E-state index is 12.4. The highest BCUT2D eigenvalue weighted by Crippen LogP contribution is 2.35. The fraction of sp³-hybridized carbons (Fsp3) is 0.571. The van der Waals surface area contributed by atoms with Crippen molar-refractivity contribution in [2.75, 3.05) is 33.9 Å². The first kappa shape index (κ1) is 20.3. The molecule has 0 amide bonds. The van der Waals surface area contributed by atoms with Crippen LogP contribution in [0.25, 0.3) is 0 Å². The summed E-state index contributed by atoms with van der Waals surface area (Å²) in [5.41, 5.74) is 0. The molecule has 2 rings (SSSR count). The summed E-state index contributed by atoms with van der Waals surface area (Å²) in [6.45, 7) is 2.33. The summed E-state index contributed by atoms with van der Waals surface area (Å²) in [5, 5.41) is 3.36. The van der Waals surface area contributed by atoms with Crippen molar-refractivity contribution in [2.45, 2.75) is 17.7 Å². The number of ether oxygens (including phenoxy) is 2. The zero-order valence-electron chi connectivity index (χ0n) is 13.1. The smallest absolute Gasteiger partial charge is 0.242 e. The van der Waals surface area contributed by atoms with E-state index in [1.165, 1.54) is 26.4 Å². The molecule has 2 N–H and O–H groups in total. The second kappa shape index (κ2) is 8.94. The second-order valence-electron chi connectivity index (χ2n) is 5.18. The van der Waals surface area contributed by atoms with Crippen LogP contribution in [-0.2, 0) is 10.0 Å². The van der Waals surface area contributed by atoms with Crippen LogP contribution in [0.3, 0.4) is 0 Å². The zero-order chi connectivity index (χ0) is 16.2. The lowest BCUT2D eigenvalue weighted by Crippen LogP contribution is -2.27. The van der Waals surface area contributed by atoms with Crippen LogP contribution < -0.4 is 19.5 Å². The molecule has 1 aromatic carbocycles. The molecule has 0 spiro atoms. The lowest BCUT2D eigenvalue weighted by molar-refractivity contribution is 0.354. The van der Waals surface area contributed by atoms with Crippen LogP contribution in [0.5, 0.6) is 11.5 Å². The monoisotopic (exact) mass is 384 g/mol. The Balaban J connectivity index is 0.00000264. The van der Waals surface area contributed by atoms with Crippen LogP contribution in [0, 0.1) is 5.92 Å². The molecule has 9 heteroatoms. The van der Waals surface area contributed by atoms with E-state index in [4.69, 9.17) is 21.1 Å². The van der Waals surface area contributed by atoms with Crippen molar-refractivity contribution < 1.29 is 17.9 Å². The van der Waals surface area contributed by atoms with E-state index >= 15 is 0 Å². The molecule has 1 aliphatic rings. The Hall–Kier alpha value is -0.730. The van der Waals surface area contributed by atoms with Gasteiger partial charge in [-0.1, -0.05) is 11.6 Å². The molecule has 1 saturated heterocycles. The van der Waals surface area contributed by atoms with E-state index in [2.05, 4.69) is 10.0 Å². The number of sulfonamides is 1. The Kier molecular flexibility index (Phi) is 7.89. The number of benzene rings is 1. The van der Waals surface area contributed by atoms with Crippen LogP contribution in [0.4, 0.5) is 0 Å². The van der Waals surface area contributed by atoms with E-state index in [0.717, 1.165) is 25.9 Å². The van der Waals surface area contributed by atoms with Crippen molar-refractivity contribution >= 4 is 34.0 Å². The van der Waals surface area contributed by atoms with Gasteiger partial charge in [0.2, 0.25) is 10.0 Å². The van der Waals surface area contributed by atoms with Crippen molar-refractivity contribution in [1.82, 2.24) is 10.0 Å². The third-order valence-electron chi connectivity index (χ3n) is 3.73. The fourth-order valence-corrected chi connectivity index (χ4v) is 4.06. The van der Waals surface area contributed by atoms with E-state index in [9.17, 15) is 8.42 Å². The highest BCUT2D eigenvalue weighted by atomic mass is 35.5. The molecular weight excluding hydrogens is 363 g/mol. The molecule has 0 radical (unpaired) electrons. The number of hydrogen-bond acceptors (Lipinski definition) is 5. The van der Waals surface area contributed by atoms with Gasteiger partial charge in [-0.3, -0.25) is 0 Å². The Morgan fingerprint density at radius 2 is 1.96 bits per heavy atom. The summed E-state index contributed by atoms with van der Waals surface area (Å²) in [7, 11) is -0.763. The number of nitrogens with one attached hydrogen (secondary N) is 2. The zero-order valence-corrected chi connectivity index (χ0v) is 15.5. The minimum atomic E-state index is -3.68. The molecule has 1 aromatic rings. The molecule has 0 aliphatic carbocycles. The normalized spacial score (nSPS) is 17.6. The topological polar surface area (TPSA) is 76.7 Å². The highest BCUT2D eigenvalue weighted by molar-refractivity contribution is 7.89. The van der Waals surface area contributed by atoms with Crippen molar-refractivity contribution in [3.05, 3.63) is 17.2 Å². The molecule has 6 nitrogen and oxygen atoms in total. The van der Waals surface area contributed by atoms with Crippen LogP contribution >= 0.6 is 24.0 Å². The van der Waals surface area contributed by atoms with Crippen LogP contribution in [0.2, 0.25) is 5.02 Å². The van der Waals surface area contributed by atoms with Gasteiger partial charge in [0.1, 0.15) is 4.90 Å². The third kappa shape index (κ3) is 5.12. The molecule has 1 heterocycles. The molecular formula is C14H22Cl2N2O4S. The van der Waals surface area contributed by atoms with E-state index < -0.39 is 10.0 Å². The predicted octanol–water partition coefficient (Wildman–Crippen LogP) is 2.06. The molecule has 1 aliphatic heterocycles. The van der Waals surface area contributed by atoms with Gasteiger partial charge in [-0.15, -0.1) is 12.4 Å². The summed E-state index contributed by atoms with van der Waals surface area (Å²) in [6.07, 6.45) is 1.88. The van der Waals surface area contributed by atoms with Gasteiger partial charge >= 0.3 is 0 Å². The Labute approximate surface area is 148 Å². The van der Waals surface area contributed by atoms with Crippen molar-refractivity contribution in [3.8, 4) is 11.5 Å². The molecule has 1 unspecified atom stereocenters. The maximum atomic E-state index is 12.4. The van der Waals surface area contributed by atoms with E-state index in [-0.39, 0.29) is 22.3 Å². The summed E-state index contributed by atoms with van der Waals surface area (Å²) < 4.78 is 37.6. The minimum Gasteiger partial charge on any atom is -0.493 e. The lowest BCUT2D eigenvalue weighted by Gasteiger charge is -2.13. The molecule has 0 bridgehead atoms. The van der Waals surface area contributed by atoms with Crippen LogP contribution in [-0.4, -0.2) is 42.3 Å².